The molecule has 3 aromatic rings. The quantitative estimate of drug-likeness (QED) is 0.653. The molecule has 4 rings (SSSR count). The van der Waals surface area contributed by atoms with Gasteiger partial charge in [-0.1, -0.05) is 18.2 Å². The van der Waals surface area contributed by atoms with Crippen molar-refractivity contribution in [3.05, 3.63) is 71.4 Å². The second-order valence-corrected chi connectivity index (χ2v) is 7.33. The molecule has 2 aromatic carbocycles. The summed E-state index contributed by atoms with van der Waals surface area (Å²) in [6, 6.07) is 16.9. The minimum absolute atomic E-state index is 0.530. The first-order valence-electron chi connectivity index (χ1n) is 9.84. The molecule has 0 radical (unpaired) electrons. The molecule has 1 atom stereocenters. The van der Waals surface area contributed by atoms with Crippen molar-refractivity contribution in [2.45, 2.75) is 31.7 Å². The Balaban J connectivity index is 1.35. The third-order valence-electron chi connectivity index (χ3n) is 5.57. The van der Waals surface area contributed by atoms with Crippen molar-refractivity contribution in [3.63, 3.8) is 0 Å². The van der Waals surface area contributed by atoms with E-state index in [-0.39, 0.29) is 0 Å². The summed E-state index contributed by atoms with van der Waals surface area (Å²) in [6.45, 7) is 0.985. The van der Waals surface area contributed by atoms with Gasteiger partial charge in [-0.15, -0.1) is 0 Å². The number of aromatic amines is 1. The normalized spacial score (nSPS) is 16.6. The first-order chi connectivity index (χ1) is 13.8. The van der Waals surface area contributed by atoms with Gasteiger partial charge < -0.3 is 15.0 Å². The summed E-state index contributed by atoms with van der Waals surface area (Å²) in [6.07, 6.45) is 8.70. The van der Waals surface area contributed by atoms with E-state index in [1.165, 1.54) is 16.7 Å². The summed E-state index contributed by atoms with van der Waals surface area (Å²) < 4.78 is 5.21. The van der Waals surface area contributed by atoms with Crippen molar-refractivity contribution in [1.82, 2.24) is 10.3 Å². The van der Waals surface area contributed by atoms with E-state index in [1.807, 2.05) is 30.3 Å². The first kappa shape index (κ1) is 18.3. The minimum Gasteiger partial charge on any atom is -0.497 e. The zero-order valence-corrected chi connectivity index (χ0v) is 16.2. The average molecular weight is 371 g/mol. The van der Waals surface area contributed by atoms with Gasteiger partial charge in [0.2, 0.25) is 0 Å². The van der Waals surface area contributed by atoms with Crippen LogP contribution in [0.5, 0.6) is 5.75 Å². The number of hydrogen-bond donors (Lipinski definition) is 2. The number of fused-ring (bicyclic) bond motifs is 1. The number of hydrogen-bond acceptors (Lipinski definition) is 3. The monoisotopic (exact) mass is 371 g/mol. The van der Waals surface area contributed by atoms with Crippen LogP contribution in [0.2, 0.25) is 0 Å². The van der Waals surface area contributed by atoms with Gasteiger partial charge >= 0.3 is 0 Å². The molecule has 0 fully saturated rings. The predicted octanol–water partition coefficient (Wildman–Crippen LogP) is 4.82. The lowest BCUT2D eigenvalue weighted by molar-refractivity contribution is 0.414. The van der Waals surface area contributed by atoms with Gasteiger partial charge in [0.15, 0.2) is 0 Å². The number of benzene rings is 2. The van der Waals surface area contributed by atoms with E-state index >= 15 is 0 Å². The van der Waals surface area contributed by atoms with Gasteiger partial charge in [0.1, 0.15) is 5.75 Å². The fourth-order valence-electron chi connectivity index (χ4n) is 3.93. The summed E-state index contributed by atoms with van der Waals surface area (Å²) >= 11 is 0. The van der Waals surface area contributed by atoms with Crippen LogP contribution in [0.1, 0.15) is 36.0 Å². The lowest BCUT2D eigenvalue weighted by atomic mass is 9.90. The van der Waals surface area contributed by atoms with Crippen LogP contribution in [-0.2, 0) is 6.42 Å². The first-order valence-corrected chi connectivity index (χ1v) is 9.84. The van der Waals surface area contributed by atoms with Crippen LogP contribution in [-0.4, -0.2) is 24.7 Å². The van der Waals surface area contributed by atoms with E-state index in [1.54, 1.807) is 7.11 Å². The van der Waals surface area contributed by atoms with Gasteiger partial charge in [0.25, 0.3) is 0 Å². The number of nitrogens with zero attached hydrogens (tertiary/aromatic N) is 1. The van der Waals surface area contributed by atoms with Crippen molar-refractivity contribution in [2.75, 3.05) is 13.7 Å². The molecule has 1 aromatic heterocycles. The Morgan fingerprint density at radius 3 is 2.79 bits per heavy atom. The van der Waals surface area contributed by atoms with Crippen molar-refractivity contribution in [1.29, 1.82) is 5.26 Å². The molecule has 2 N–H and O–H groups in total. The molecule has 0 aliphatic heterocycles. The maximum atomic E-state index is 9.17. The highest BCUT2D eigenvalue weighted by molar-refractivity contribution is 5.93. The SMILES string of the molecule is COc1ccc(CCNC2CC=C(c3c[nH]c4ccc(C#N)cc34)CC2)cc1. The topological polar surface area (TPSA) is 60.8 Å². The zero-order chi connectivity index (χ0) is 19.3. The second-order valence-electron chi connectivity index (χ2n) is 7.33. The van der Waals surface area contributed by atoms with Gasteiger partial charge in [-0.3, -0.25) is 0 Å². The molecular formula is C24H25N3O. The molecular weight excluding hydrogens is 346 g/mol. The molecule has 1 aliphatic carbocycles. The third kappa shape index (κ3) is 3.95. The number of aromatic nitrogens is 1. The van der Waals surface area contributed by atoms with Crippen LogP contribution in [0.15, 0.2) is 54.7 Å². The zero-order valence-electron chi connectivity index (χ0n) is 16.2. The molecule has 0 amide bonds. The summed E-state index contributed by atoms with van der Waals surface area (Å²) in [4.78, 5) is 3.33. The second kappa shape index (κ2) is 8.33. The number of nitriles is 1. The van der Waals surface area contributed by atoms with Gasteiger partial charge in [-0.2, -0.15) is 5.26 Å². The number of ether oxygens (including phenoxy) is 1. The number of nitrogens with one attached hydrogen (secondary N) is 2. The standard InChI is InChI=1S/C24H25N3O/c1-28-21-9-2-17(3-10-21)12-13-26-20-7-5-19(6-8-20)23-16-27-24-11-4-18(15-25)14-22(23)24/h2-5,9-11,14,16,20,26-27H,6-8,12-13H2,1H3. The largest absolute Gasteiger partial charge is 0.497 e. The van der Waals surface area contributed by atoms with Crippen LogP contribution in [0.4, 0.5) is 0 Å². The van der Waals surface area contributed by atoms with Gasteiger partial charge in [-0.25, -0.2) is 0 Å². The maximum absolute atomic E-state index is 9.17. The Labute approximate surface area is 165 Å². The summed E-state index contributed by atoms with van der Waals surface area (Å²) in [7, 11) is 1.69. The summed E-state index contributed by atoms with van der Waals surface area (Å²) in [5.74, 6) is 0.904. The predicted molar refractivity (Wildman–Crippen MR) is 113 cm³/mol. The van der Waals surface area contributed by atoms with Crippen molar-refractivity contribution in [3.8, 4) is 11.8 Å². The number of allylic oxidation sites excluding steroid dienone is 1. The van der Waals surface area contributed by atoms with Gasteiger partial charge in [-0.05, 0) is 73.7 Å². The van der Waals surface area contributed by atoms with Crippen molar-refractivity contribution >= 4 is 16.5 Å². The molecule has 1 heterocycles. The fraction of sp³-hybridized carbons (Fsp3) is 0.292. The molecule has 0 spiro atoms. The highest BCUT2D eigenvalue weighted by Crippen LogP contribution is 2.32. The highest BCUT2D eigenvalue weighted by Gasteiger charge is 2.17. The number of H-pyrrole nitrogens is 1. The highest BCUT2D eigenvalue weighted by atomic mass is 16.5. The fourth-order valence-corrected chi connectivity index (χ4v) is 3.93. The Hall–Kier alpha value is -3.03. The third-order valence-corrected chi connectivity index (χ3v) is 5.57. The molecule has 0 saturated heterocycles. The number of methoxy groups -OCH3 is 1. The van der Waals surface area contributed by atoms with Crippen LogP contribution >= 0.6 is 0 Å². The van der Waals surface area contributed by atoms with Crippen LogP contribution in [0, 0.1) is 11.3 Å². The lowest BCUT2D eigenvalue weighted by Crippen LogP contribution is -2.31. The van der Waals surface area contributed by atoms with Gasteiger partial charge in [0.05, 0.1) is 18.7 Å². The minimum atomic E-state index is 0.530. The smallest absolute Gasteiger partial charge is 0.118 e. The Kier molecular flexibility index (Phi) is 5.45. The van der Waals surface area contributed by atoms with Crippen LogP contribution in [0.3, 0.4) is 0 Å². The number of rotatable bonds is 6. The van der Waals surface area contributed by atoms with E-state index in [9.17, 15) is 5.26 Å². The molecule has 142 valence electrons. The van der Waals surface area contributed by atoms with E-state index in [0.717, 1.165) is 48.9 Å². The van der Waals surface area contributed by atoms with E-state index in [4.69, 9.17) is 4.74 Å². The van der Waals surface area contributed by atoms with Crippen LogP contribution in [0.25, 0.3) is 16.5 Å². The Bertz CT molecular complexity index is 1020. The molecule has 28 heavy (non-hydrogen) atoms. The molecule has 4 nitrogen and oxygen atoms in total. The molecule has 0 bridgehead atoms. The Morgan fingerprint density at radius 2 is 2.07 bits per heavy atom. The lowest BCUT2D eigenvalue weighted by Gasteiger charge is -2.23. The van der Waals surface area contributed by atoms with E-state index in [2.05, 4.69) is 40.8 Å². The molecule has 1 unspecified atom stereocenters. The summed E-state index contributed by atoms with van der Waals surface area (Å²) in [5, 5.41) is 14.0. The maximum Gasteiger partial charge on any atom is 0.118 e. The average Bonchev–Trinajstić information content (AvgIpc) is 3.18. The van der Waals surface area contributed by atoms with E-state index in [0.29, 0.717) is 11.6 Å². The van der Waals surface area contributed by atoms with Gasteiger partial charge in [0, 0.05) is 28.7 Å². The molecule has 4 heteroatoms. The summed E-state index contributed by atoms with van der Waals surface area (Å²) in [5.41, 5.74) is 5.75. The van der Waals surface area contributed by atoms with Crippen molar-refractivity contribution < 1.29 is 4.74 Å². The molecule has 1 aliphatic rings. The van der Waals surface area contributed by atoms with E-state index < -0.39 is 0 Å². The van der Waals surface area contributed by atoms with Crippen LogP contribution < -0.4 is 10.1 Å². The Morgan fingerprint density at radius 1 is 1.21 bits per heavy atom. The molecule has 0 saturated carbocycles. The van der Waals surface area contributed by atoms with Crippen molar-refractivity contribution in [2.24, 2.45) is 0 Å².